The predicted molar refractivity (Wildman–Crippen MR) is 45.9 cm³/mol. The third-order valence-corrected chi connectivity index (χ3v) is 1.97. The number of hydrogen-bond acceptors (Lipinski definition) is 1. The van der Waals surface area contributed by atoms with Gasteiger partial charge in [-0.3, -0.25) is 0 Å². The summed E-state index contributed by atoms with van der Waals surface area (Å²) in [6.45, 7) is 1.63. The van der Waals surface area contributed by atoms with Crippen molar-refractivity contribution in [2.24, 2.45) is 0 Å². The number of rotatable bonds is 2. The number of carbonyl (C=O) groups is 1. The first-order valence-electron chi connectivity index (χ1n) is 3.56. The Bertz CT molecular complexity index is 299. The van der Waals surface area contributed by atoms with Crippen LogP contribution >= 0.6 is 11.6 Å². The highest BCUT2D eigenvalue weighted by atomic mass is 35.5. The lowest BCUT2D eigenvalue weighted by atomic mass is 10.0. The van der Waals surface area contributed by atoms with Crippen molar-refractivity contribution in [1.82, 2.24) is 0 Å². The van der Waals surface area contributed by atoms with Gasteiger partial charge in [0, 0.05) is 5.92 Å². The van der Waals surface area contributed by atoms with E-state index < -0.39 is 11.7 Å². The summed E-state index contributed by atoms with van der Waals surface area (Å²) in [6.07, 6.45) is 0.689. The molecule has 0 aliphatic rings. The van der Waals surface area contributed by atoms with Crippen molar-refractivity contribution in [2.45, 2.75) is 12.8 Å². The first-order chi connectivity index (χ1) is 5.66. The van der Waals surface area contributed by atoms with E-state index >= 15 is 0 Å². The van der Waals surface area contributed by atoms with E-state index in [-0.39, 0.29) is 5.02 Å². The summed E-state index contributed by atoms with van der Waals surface area (Å²) in [5, 5.41) is 0.0567. The van der Waals surface area contributed by atoms with Gasteiger partial charge in [0.05, 0.1) is 5.02 Å². The molecule has 0 spiro atoms. The van der Waals surface area contributed by atoms with Crippen molar-refractivity contribution >= 4 is 17.9 Å². The van der Waals surface area contributed by atoms with Crippen molar-refractivity contribution < 1.29 is 9.18 Å². The second kappa shape index (κ2) is 3.68. The first-order valence-corrected chi connectivity index (χ1v) is 3.94. The van der Waals surface area contributed by atoms with Crippen LogP contribution in [0.4, 0.5) is 4.39 Å². The number of benzene rings is 1. The lowest BCUT2D eigenvalue weighted by Crippen LogP contribution is -1.98. The topological polar surface area (TPSA) is 17.1 Å². The second-order valence-electron chi connectivity index (χ2n) is 2.57. The van der Waals surface area contributed by atoms with Gasteiger partial charge in [-0.25, -0.2) is 4.39 Å². The van der Waals surface area contributed by atoms with Crippen LogP contribution in [0.1, 0.15) is 18.4 Å². The summed E-state index contributed by atoms with van der Waals surface area (Å²) in [7, 11) is 0. The average Bonchev–Trinajstić information content (AvgIpc) is 2.08. The van der Waals surface area contributed by atoms with Crippen molar-refractivity contribution in [3.8, 4) is 0 Å². The fourth-order valence-corrected chi connectivity index (χ4v) is 1.13. The van der Waals surface area contributed by atoms with Crippen molar-refractivity contribution in [2.75, 3.05) is 0 Å². The molecule has 0 N–H and O–H groups in total. The Labute approximate surface area is 75.2 Å². The van der Waals surface area contributed by atoms with Crippen LogP contribution in [0.5, 0.6) is 0 Å². The largest absolute Gasteiger partial charge is 0.303 e. The molecule has 0 saturated carbocycles. The van der Waals surface area contributed by atoms with Gasteiger partial charge in [0.15, 0.2) is 0 Å². The minimum Gasteiger partial charge on any atom is -0.303 e. The van der Waals surface area contributed by atoms with E-state index in [9.17, 15) is 9.18 Å². The summed E-state index contributed by atoms with van der Waals surface area (Å²) in [5.41, 5.74) is 0.345. The van der Waals surface area contributed by atoms with Gasteiger partial charge < -0.3 is 4.79 Å². The smallest absolute Gasteiger partial charge is 0.145 e. The number of aldehydes is 1. The van der Waals surface area contributed by atoms with Gasteiger partial charge in [0.25, 0.3) is 0 Å². The van der Waals surface area contributed by atoms with E-state index in [4.69, 9.17) is 11.6 Å². The fraction of sp³-hybridized carbons (Fsp3) is 0.222. The third-order valence-electron chi connectivity index (χ3n) is 1.68. The zero-order valence-electron chi connectivity index (χ0n) is 6.55. The van der Waals surface area contributed by atoms with Crippen molar-refractivity contribution in [3.05, 3.63) is 34.6 Å². The van der Waals surface area contributed by atoms with Crippen LogP contribution in [0.15, 0.2) is 18.2 Å². The average molecular weight is 187 g/mol. The minimum atomic E-state index is -0.501. The lowest BCUT2D eigenvalue weighted by molar-refractivity contribution is -0.108. The molecule has 0 fully saturated rings. The molecular weight excluding hydrogens is 179 g/mol. The predicted octanol–water partition coefficient (Wildman–Crippen LogP) is 2.78. The molecule has 0 radical (unpaired) electrons. The molecule has 0 amide bonds. The summed E-state index contributed by atoms with van der Waals surface area (Å²) in [4.78, 5) is 10.4. The summed E-state index contributed by atoms with van der Waals surface area (Å²) < 4.78 is 13.1. The van der Waals surface area contributed by atoms with Crippen molar-refractivity contribution in [1.29, 1.82) is 0 Å². The van der Waals surface area contributed by atoms with E-state index in [0.717, 1.165) is 0 Å². The molecule has 0 aliphatic carbocycles. The van der Waals surface area contributed by atoms with Gasteiger partial charge >= 0.3 is 0 Å². The molecule has 64 valence electrons. The maximum atomic E-state index is 13.1. The highest BCUT2D eigenvalue weighted by molar-refractivity contribution is 6.30. The Morgan fingerprint density at radius 3 is 2.83 bits per heavy atom. The van der Waals surface area contributed by atoms with E-state index in [0.29, 0.717) is 11.8 Å². The second-order valence-corrected chi connectivity index (χ2v) is 2.98. The first kappa shape index (κ1) is 9.20. The van der Waals surface area contributed by atoms with Crippen LogP contribution in [0.3, 0.4) is 0 Å². The third kappa shape index (κ3) is 1.64. The standard InChI is InChI=1S/C9H8ClFO/c1-6(5-12)7-3-2-4-8(10)9(7)11/h2-6H,1H3. The molecule has 0 aliphatic heterocycles. The summed E-state index contributed by atoms with van der Waals surface area (Å²) >= 11 is 5.52. The zero-order valence-corrected chi connectivity index (χ0v) is 7.31. The van der Waals surface area contributed by atoms with Crippen LogP contribution < -0.4 is 0 Å². The molecule has 1 aromatic carbocycles. The van der Waals surface area contributed by atoms with E-state index in [1.165, 1.54) is 6.07 Å². The van der Waals surface area contributed by atoms with Crippen LogP contribution in [0.2, 0.25) is 5.02 Å². The molecule has 1 unspecified atom stereocenters. The quantitative estimate of drug-likeness (QED) is 0.650. The van der Waals surface area contributed by atoms with E-state index in [1.54, 1.807) is 19.1 Å². The maximum Gasteiger partial charge on any atom is 0.145 e. The SMILES string of the molecule is CC(C=O)c1cccc(Cl)c1F. The molecule has 0 aromatic heterocycles. The molecule has 0 saturated heterocycles. The Kier molecular flexibility index (Phi) is 2.82. The molecule has 3 heteroatoms. The monoisotopic (exact) mass is 186 g/mol. The Balaban J connectivity index is 3.15. The number of hydrogen-bond donors (Lipinski definition) is 0. The minimum absolute atomic E-state index is 0.0567. The molecule has 1 nitrogen and oxygen atoms in total. The highest BCUT2D eigenvalue weighted by Crippen LogP contribution is 2.22. The summed E-state index contributed by atoms with van der Waals surface area (Å²) in [5.74, 6) is -0.942. The molecule has 1 atom stereocenters. The van der Waals surface area contributed by atoms with Gasteiger partial charge in [0.1, 0.15) is 12.1 Å². The van der Waals surface area contributed by atoms with Gasteiger partial charge in [-0.2, -0.15) is 0 Å². The molecule has 0 bridgehead atoms. The number of carbonyl (C=O) groups excluding carboxylic acids is 1. The van der Waals surface area contributed by atoms with E-state index in [2.05, 4.69) is 0 Å². The Morgan fingerprint density at radius 2 is 2.25 bits per heavy atom. The summed E-state index contributed by atoms with van der Waals surface area (Å²) in [6, 6.07) is 4.64. The number of halogens is 2. The lowest BCUT2D eigenvalue weighted by Gasteiger charge is -2.05. The zero-order chi connectivity index (χ0) is 9.14. The van der Waals surface area contributed by atoms with Gasteiger partial charge in [-0.05, 0) is 11.6 Å². The highest BCUT2D eigenvalue weighted by Gasteiger charge is 2.11. The van der Waals surface area contributed by atoms with Crippen molar-refractivity contribution in [3.63, 3.8) is 0 Å². The van der Waals surface area contributed by atoms with Crippen LogP contribution in [-0.2, 0) is 4.79 Å². The van der Waals surface area contributed by atoms with Crippen LogP contribution in [0.25, 0.3) is 0 Å². The van der Waals surface area contributed by atoms with Gasteiger partial charge in [-0.1, -0.05) is 30.7 Å². The Morgan fingerprint density at radius 1 is 1.58 bits per heavy atom. The molecule has 1 rings (SSSR count). The molecule has 12 heavy (non-hydrogen) atoms. The maximum absolute atomic E-state index is 13.1. The van der Waals surface area contributed by atoms with E-state index in [1.807, 2.05) is 0 Å². The van der Waals surface area contributed by atoms with Crippen LogP contribution in [-0.4, -0.2) is 6.29 Å². The van der Waals surface area contributed by atoms with Gasteiger partial charge in [0.2, 0.25) is 0 Å². The molecular formula is C9H8ClFO. The Hall–Kier alpha value is -0.890. The molecule has 1 aromatic rings. The molecule has 0 heterocycles. The van der Waals surface area contributed by atoms with Crippen LogP contribution in [0, 0.1) is 5.82 Å². The normalized spacial score (nSPS) is 12.6. The van der Waals surface area contributed by atoms with Gasteiger partial charge in [-0.15, -0.1) is 0 Å². The fourth-order valence-electron chi connectivity index (χ4n) is 0.945.